The maximum absolute atomic E-state index is 14.2. The molecular weight excluding hydrogens is 509 g/mol. The summed E-state index contributed by atoms with van der Waals surface area (Å²) in [6.45, 7) is 3.56. The molecule has 1 amide bonds. The van der Waals surface area contributed by atoms with E-state index in [-0.39, 0.29) is 17.7 Å². The number of ether oxygens (including phenoxy) is 1. The molecule has 3 aromatic rings. The minimum Gasteiger partial charge on any atom is -0.406 e. The van der Waals surface area contributed by atoms with Gasteiger partial charge in [-0.25, -0.2) is 9.97 Å². The molecule has 0 spiro atoms. The Hall–Kier alpha value is -3.60. The third-order valence-corrected chi connectivity index (χ3v) is 7.82. The summed E-state index contributed by atoms with van der Waals surface area (Å²) in [4.78, 5) is 27.7. The van der Waals surface area contributed by atoms with Crippen LogP contribution >= 0.6 is 0 Å². The van der Waals surface area contributed by atoms with Crippen molar-refractivity contribution in [2.75, 3.05) is 31.9 Å². The standard InChI is InChI=1S/C28H31F3N6O2/c29-28(30,31)39-22-5-3-4-18(16-22)26-34-24(19-6-9-23(32)33-17-19)25(37(26)21-7-8-21)27(38)36-14-10-20(11-15-36)35-12-1-2-13-35/h3-6,9,16-17,20-21H,1-2,7-8,10-15H2,(H2,32,33). The number of benzene rings is 1. The molecule has 1 aliphatic carbocycles. The second kappa shape index (κ2) is 10.2. The van der Waals surface area contributed by atoms with Crippen molar-refractivity contribution in [3.63, 3.8) is 0 Å². The number of hydrogen-bond donors (Lipinski definition) is 1. The predicted molar refractivity (Wildman–Crippen MR) is 140 cm³/mol. The molecule has 0 atom stereocenters. The van der Waals surface area contributed by atoms with Crippen molar-refractivity contribution in [3.05, 3.63) is 48.3 Å². The van der Waals surface area contributed by atoms with Crippen molar-refractivity contribution in [1.29, 1.82) is 0 Å². The van der Waals surface area contributed by atoms with Crippen LogP contribution in [0.5, 0.6) is 5.75 Å². The molecule has 8 nitrogen and oxygen atoms in total. The molecule has 2 aliphatic heterocycles. The summed E-state index contributed by atoms with van der Waals surface area (Å²) in [5.74, 6) is 0.328. The Morgan fingerprint density at radius 1 is 0.949 bits per heavy atom. The van der Waals surface area contributed by atoms with Gasteiger partial charge in [-0.05, 0) is 75.9 Å². The highest BCUT2D eigenvalue weighted by atomic mass is 19.4. The van der Waals surface area contributed by atoms with Crippen molar-refractivity contribution < 1.29 is 22.7 Å². The third kappa shape index (κ3) is 5.45. The van der Waals surface area contributed by atoms with E-state index in [9.17, 15) is 18.0 Å². The zero-order valence-electron chi connectivity index (χ0n) is 21.5. The maximum atomic E-state index is 14.2. The Labute approximate surface area is 224 Å². The molecule has 0 unspecified atom stereocenters. The highest BCUT2D eigenvalue weighted by molar-refractivity contribution is 6.00. The first-order valence-corrected chi connectivity index (χ1v) is 13.5. The number of halogens is 3. The lowest BCUT2D eigenvalue weighted by Gasteiger charge is -2.36. The first-order chi connectivity index (χ1) is 18.8. The molecule has 206 valence electrons. The third-order valence-electron chi connectivity index (χ3n) is 7.82. The zero-order valence-corrected chi connectivity index (χ0v) is 21.5. The van der Waals surface area contributed by atoms with Gasteiger partial charge < -0.3 is 24.8 Å². The molecule has 2 N–H and O–H groups in total. The average Bonchev–Trinajstić information content (AvgIpc) is 3.44. The molecule has 0 bridgehead atoms. The van der Waals surface area contributed by atoms with E-state index >= 15 is 0 Å². The number of nitrogen functional groups attached to an aromatic ring is 1. The molecular formula is C28H31F3N6O2. The van der Waals surface area contributed by atoms with Gasteiger partial charge in [-0.2, -0.15) is 0 Å². The molecule has 3 fully saturated rings. The fourth-order valence-corrected chi connectivity index (χ4v) is 5.80. The molecule has 2 aromatic heterocycles. The lowest BCUT2D eigenvalue weighted by atomic mass is 10.0. The van der Waals surface area contributed by atoms with E-state index in [1.807, 2.05) is 9.47 Å². The van der Waals surface area contributed by atoms with Crippen LogP contribution in [0.1, 0.15) is 55.1 Å². The van der Waals surface area contributed by atoms with Crippen molar-refractivity contribution >= 4 is 11.7 Å². The Morgan fingerprint density at radius 3 is 2.33 bits per heavy atom. The second-order valence-electron chi connectivity index (χ2n) is 10.5. The van der Waals surface area contributed by atoms with Crippen LogP contribution in [0.3, 0.4) is 0 Å². The Kier molecular flexibility index (Phi) is 6.70. The fraction of sp³-hybridized carbons (Fsp3) is 0.464. The van der Waals surface area contributed by atoms with Gasteiger partial charge in [0.1, 0.15) is 28.8 Å². The average molecular weight is 541 g/mol. The van der Waals surface area contributed by atoms with Crippen molar-refractivity contribution in [2.45, 2.75) is 57.0 Å². The van der Waals surface area contributed by atoms with E-state index < -0.39 is 6.36 Å². The quantitative estimate of drug-likeness (QED) is 0.467. The summed E-state index contributed by atoms with van der Waals surface area (Å²) in [6, 6.07) is 9.71. The molecule has 2 saturated heterocycles. The molecule has 11 heteroatoms. The number of nitrogens with two attached hydrogens (primary N) is 1. The molecule has 4 heterocycles. The topological polar surface area (TPSA) is 89.5 Å². The number of carbonyl (C=O) groups excluding carboxylic acids is 1. The van der Waals surface area contributed by atoms with Crippen LogP contribution in [0.4, 0.5) is 19.0 Å². The number of imidazole rings is 1. The number of likely N-dealkylation sites (tertiary alicyclic amines) is 2. The number of pyridine rings is 1. The number of aromatic nitrogens is 3. The lowest BCUT2D eigenvalue weighted by Crippen LogP contribution is -2.46. The second-order valence-corrected chi connectivity index (χ2v) is 10.5. The summed E-state index contributed by atoms with van der Waals surface area (Å²) in [5.41, 5.74) is 7.79. The van der Waals surface area contributed by atoms with Crippen LogP contribution in [0.2, 0.25) is 0 Å². The smallest absolute Gasteiger partial charge is 0.406 e. The number of alkyl halides is 3. The van der Waals surface area contributed by atoms with E-state index in [1.165, 1.54) is 31.0 Å². The first-order valence-electron chi connectivity index (χ1n) is 13.5. The van der Waals surface area contributed by atoms with Crippen LogP contribution in [0, 0.1) is 0 Å². The van der Waals surface area contributed by atoms with Gasteiger partial charge in [0.25, 0.3) is 5.91 Å². The van der Waals surface area contributed by atoms with Gasteiger partial charge in [-0.1, -0.05) is 12.1 Å². The molecule has 1 saturated carbocycles. The summed E-state index contributed by atoms with van der Waals surface area (Å²) in [6.07, 6.45) is 2.80. The number of hydrogen-bond acceptors (Lipinski definition) is 6. The molecule has 6 rings (SSSR count). The minimum atomic E-state index is -4.81. The van der Waals surface area contributed by atoms with Gasteiger partial charge >= 0.3 is 6.36 Å². The monoisotopic (exact) mass is 540 g/mol. The summed E-state index contributed by atoms with van der Waals surface area (Å²) < 4.78 is 44.9. The SMILES string of the molecule is Nc1ccc(-c2nc(-c3cccc(OC(F)(F)F)c3)n(C3CC3)c2C(=O)N2CCC(N3CCCC3)CC2)cn1. The van der Waals surface area contributed by atoms with Gasteiger partial charge in [-0.3, -0.25) is 4.79 Å². The van der Waals surface area contributed by atoms with Gasteiger partial charge in [0, 0.05) is 42.5 Å². The highest BCUT2D eigenvalue weighted by Crippen LogP contribution is 2.43. The van der Waals surface area contributed by atoms with E-state index in [2.05, 4.69) is 14.6 Å². The minimum absolute atomic E-state index is 0.0382. The lowest BCUT2D eigenvalue weighted by molar-refractivity contribution is -0.274. The van der Waals surface area contributed by atoms with E-state index in [1.54, 1.807) is 24.4 Å². The number of carbonyl (C=O) groups is 1. The summed E-state index contributed by atoms with van der Waals surface area (Å²) >= 11 is 0. The fourth-order valence-electron chi connectivity index (χ4n) is 5.80. The number of anilines is 1. The number of nitrogens with zero attached hydrogens (tertiary/aromatic N) is 5. The Bertz CT molecular complexity index is 1340. The van der Waals surface area contributed by atoms with Crippen LogP contribution in [-0.2, 0) is 0 Å². The Balaban J connectivity index is 1.39. The Morgan fingerprint density at radius 2 is 1.69 bits per heavy atom. The first kappa shape index (κ1) is 25.7. The summed E-state index contributed by atoms with van der Waals surface area (Å²) in [5, 5.41) is 0. The van der Waals surface area contributed by atoms with Crippen molar-refractivity contribution in [3.8, 4) is 28.4 Å². The zero-order chi connectivity index (χ0) is 27.1. The van der Waals surface area contributed by atoms with E-state index in [0.29, 0.717) is 53.3 Å². The largest absolute Gasteiger partial charge is 0.573 e. The van der Waals surface area contributed by atoms with Gasteiger partial charge in [0.15, 0.2) is 0 Å². The highest BCUT2D eigenvalue weighted by Gasteiger charge is 2.38. The normalized spacial score (nSPS) is 19.0. The number of amides is 1. The van der Waals surface area contributed by atoms with E-state index in [4.69, 9.17) is 10.7 Å². The van der Waals surface area contributed by atoms with Crippen LogP contribution in [0.25, 0.3) is 22.6 Å². The molecule has 0 radical (unpaired) electrons. The number of piperidine rings is 1. The molecule has 39 heavy (non-hydrogen) atoms. The predicted octanol–water partition coefficient (Wildman–Crippen LogP) is 5.13. The number of rotatable bonds is 6. The van der Waals surface area contributed by atoms with Crippen molar-refractivity contribution in [1.82, 2.24) is 24.3 Å². The van der Waals surface area contributed by atoms with Gasteiger partial charge in [0.05, 0.1) is 0 Å². The maximum Gasteiger partial charge on any atom is 0.573 e. The summed E-state index contributed by atoms with van der Waals surface area (Å²) in [7, 11) is 0. The van der Waals surface area contributed by atoms with E-state index in [0.717, 1.165) is 38.8 Å². The van der Waals surface area contributed by atoms with Crippen LogP contribution in [0.15, 0.2) is 42.6 Å². The van der Waals surface area contributed by atoms with Gasteiger partial charge in [0.2, 0.25) is 0 Å². The molecule has 1 aromatic carbocycles. The van der Waals surface area contributed by atoms with Gasteiger partial charge in [-0.15, -0.1) is 13.2 Å². The van der Waals surface area contributed by atoms with Crippen LogP contribution < -0.4 is 10.5 Å². The van der Waals surface area contributed by atoms with Crippen LogP contribution in [-0.4, -0.2) is 68.8 Å². The molecule has 3 aliphatic rings. The van der Waals surface area contributed by atoms with Crippen molar-refractivity contribution in [2.24, 2.45) is 0 Å².